The second kappa shape index (κ2) is 4.31. The Bertz CT molecular complexity index is 551. The quantitative estimate of drug-likeness (QED) is 0.840. The third-order valence-corrected chi connectivity index (χ3v) is 5.51. The summed E-state index contributed by atoms with van der Waals surface area (Å²) in [6.07, 6.45) is 2.83. The molecule has 3 heterocycles. The van der Waals surface area contributed by atoms with Crippen LogP contribution in [0.15, 0.2) is 0 Å². The lowest BCUT2D eigenvalue weighted by Gasteiger charge is -2.18. The number of aromatic nitrogens is 3. The van der Waals surface area contributed by atoms with E-state index in [1.807, 2.05) is 6.92 Å². The zero-order valence-electron chi connectivity index (χ0n) is 10.5. The van der Waals surface area contributed by atoms with Gasteiger partial charge in [0.25, 0.3) is 0 Å². The number of hydrogen-bond donors (Lipinski definition) is 1. The summed E-state index contributed by atoms with van der Waals surface area (Å²) in [5.41, 5.74) is 0. The molecule has 2 atom stereocenters. The largest absolute Gasteiger partial charge is 0.314 e. The Labute approximate surface area is 107 Å². The number of nitrogens with one attached hydrogen (secondary N) is 1. The van der Waals surface area contributed by atoms with Crippen molar-refractivity contribution >= 4 is 9.84 Å². The van der Waals surface area contributed by atoms with E-state index in [-0.39, 0.29) is 17.8 Å². The lowest BCUT2D eigenvalue weighted by atomic mass is 10.2. The minimum Gasteiger partial charge on any atom is -0.314 e. The minimum atomic E-state index is -2.83. The fourth-order valence-electron chi connectivity index (χ4n) is 2.85. The van der Waals surface area contributed by atoms with Crippen LogP contribution in [0.4, 0.5) is 0 Å². The van der Waals surface area contributed by atoms with Crippen molar-refractivity contribution in [3.63, 3.8) is 0 Å². The molecule has 6 nitrogen and oxygen atoms in total. The summed E-state index contributed by atoms with van der Waals surface area (Å²) < 4.78 is 25.0. The predicted octanol–water partition coefficient (Wildman–Crippen LogP) is 0.0620. The Morgan fingerprint density at radius 1 is 1.44 bits per heavy atom. The van der Waals surface area contributed by atoms with Crippen LogP contribution in [0.2, 0.25) is 0 Å². The number of nitrogens with zero attached hydrogens (tertiary/aromatic N) is 3. The monoisotopic (exact) mass is 270 g/mol. The maximum atomic E-state index is 11.4. The van der Waals surface area contributed by atoms with Crippen LogP contribution in [0.3, 0.4) is 0 Å². The second-order valence-electron chi connectivity index (χ2n) is 5.22. The minimum absolute atomic E-state index is 0.0550. The lowest BCUT2D eigenvalue weighted by Crippen LogP contribution is -2.33. The zero-order chi connectivity index (χ0) is 12.8. The average molecular weight is 270 g/mol. The second-order valence-corrected chi connectivity index (χ2v) is 7.45. The van der Waals surface area contributed by atoms with Crippen LogP contribution in [0.1, 0.15) is 37.5 Å². The smallest absolute Gasteiger partial charge is 0.151 e. The fraction of sp³-hybridized carbons (Fsp3) is 0.818. The molecule has 0 amide bonds. The van der Waals surface area contributed by atoms with Gasteiger partial charge in [-0.2, -0.15) is 0 Å². The van der Waals surface area contributed by atoms with Gasteiger partial charge in [0, 0.05) is 19.0 Å². The molecule has 0 spiro atoms. The highest BCUT2D eigenvalue weighted by Gasteiger charge is 2.30. The molecule has 3 rings (SSSR count). The van der Waals surface area contributed by atoms with Crippen molar-refractivity contribution in [1.82, 2.24) is 20.1 Å². The van der Waals surface area contributed by atoms with E-state index in [1.165, 1.54) is 0 Å². The van der Waals surface area contributed by atoms with Gasteiger partial charge in [0.1, 0.15) is 11.6 Å². The van der Waals surface area contributed by atoms with Gasteiger partial charge in [0.15, 0.2) is 9.84 Å². The summed E-state index contributed by atoms with van der Waals surface area (Å²) in [7, 11) is -2.83. The van der Waals surface area contributed by atoms with Crippen LogP contribution in [0.25, 0.3) is 0 Å². The van der Waals surface area contributed by atoms with Gasteiger partial charge in [-0.15, -0.1) is 10.2 Å². The lowest BCUT2D eigenvalue weighted by molar-refractivity contribution is 0.453. The van der Waals surface area contributed by atoms with Crippen LogP contribution >= 0.6 is 0 Å². The molecule has 0 radical (unpaired) electrons. The van der Waals surface area contributed by atoms with E-state index >= 15 is 0 Å². The maximum absolute atomic E-state index is 11.4. The zero-order valence-corrected chi connectivity index (χ0v) is 11.3. The highest BCUT2D eigenvalue weighted by molar-refractivity contribution is 7.91. The van der Waals surface area contributed by atoms with Crippen molar-refractivity contribution in [2.45, 2.75) is 44.8 Å². The van der Waals surface area contributed by atoms with E-state index in [9.17, 15) is 8.42 Å². The first-order chi connectivity index (χ1) is 8.55. The molecule has 0 bridgehead atoms. The topological polar surface area (TPSA) is 76.9 Å². The van der Waals surface area contributed by atoms with Crippen LogP contribution in [-0.2, 0) is 22.8 Å². The van der Waals surface area contributed by atoms with Crippen molar-refractivity contribution in [3.05, 3.63) is 11.6 Å². The number of sulfone groups is 1. The number of hydrogen-bond acceptors (Lipinski definition) is 5. The molecule has 100 valence electrons. The molecule has 0 saturated carbocycles. The first-order valence-electron chi connectivity index (χ1n) is 6.43. The molecule has 1 aromatic rings. The molecular weight excluding hydrogens is 252 g/mol. The molecule has 1 fully saturated rings. The summed E-state index contributed by atoms with van der Waals surface area (Å²) in [6, 6.07) is 0.113. The summed E-state index contributed by atoms with van der Waals surface area (Å²) in [5.74, 6) is 2.54. The van der Waals surface area contributed by atoms with E-state index in [0.29, 0.717) is 12.2 Å². The van der Waals surface area contributed by atoms with E-state index in [0.717, 1.165) is 31.0 Å². The van der Waals surface area contributed by atoms with Gasteiger partial charge >= 0.3 is 0 Å². The summed E-state index contributed by atoms with van der Waals surface area (Å²) in [5, 5.41) is 11.8. The van der Waals surface area contributed by atoms with Gasteiger partial charge < -0.3 is 9.88 Å². The Kier molecular flexibility index (Phi) is 2.90. The average Bonchev–Trinajstić information content (AvgIpc) is 2.92. The molecule has 1 N–H and O–H groups in total. The molecule has 1 aromatic heterocycles. The van der Waals surface area contributed by atoms with Gasteiger partial charge in [-0.25, -0.2) is 8.42 Å². The first-order valence-corrected chi connectivity index (χ1v) is 8.26. The summed E-state index contributed by atoms with van der Waals surface area (Å²) in [4.78, 5) is 0. The molecular formula is C11H18N4O2S. The van der Waals surface area contributed by atoms with Crippen molar-refractivity contribution in [3.8, 4) is 0 Å². The molecule has 0 aromatic carbocycles. The normalized spacial score (nSPS) is 27.3. The Balaban J connectivity index is 1.70. The third-order valence-electron chi connectivity index (χ3n) is 3.74. The van der Waals surface area contributed by atoms with Crippen LogP contribution < -0.4 is 5.32 Å². The summed E-state index contributed by atoms with van der Waals surface area (Å²) >= 11 is 0. The Hall–Kier alpha value is -0.950. The maximum Gasteiger partial charge on any atom is 0.151 e. The van der Waals surface area contributed by atoms with E-state index < -0.39 is 9.84 Å². The van der Waals surface area contributed by atoms with Gasteiger partial charge in [-0.1, -0.05) is 0 Å². The highest BCUT2D eigenvalue weighted by atomic mass is 32.2. The standard InChI is InChI=1S/C11H18N4O2S/c1-8(12-9-4-6-18(16,17)7-9)11-14-13-10-3-2-5-15(10)11/h8-9,12H,2-7H2,1H3. The fourth-order valence-corrected chi connectivity index (χ4v) is 4.53. The van der Waals surface area contributed by atoms with Gasteiger partial charge in [-0.05, 0) is 19.8 Å². The van der Waals surface area contributed by atoms with Gasteiger partial charge in [0.05, 0.1) is 17.5 Å². The van der Waals surface area contributed by atoms with Crippen molar-refractivity contribution in [1.29, 1.82) is 0 Å². The number of rotatable bonds is 3. The first kappa shape index (κ1) is 12.1. The number of aryl methyl sites for hydroxylation is 1. The molecule has 2 aliphatic heterocycles. The van der Waals surface area contributed by atoms with Crippen molar-refractivity contribution < 1.29 is 8.42 Å². The SMILES string of the molecule is CC(NC1CCS(=O)(=O)C1)c1nnc2n1CCC2. The predicted molar refractivity (Wildman–Crippen MR) is 67.0 cm³/mol. The van der Waals surface area contributed by atoms with Crippen LogP contribution in [0, 0.1) is 0 Å². The Morgan fingerprint density at radius 3 is 3.00 bits per heavy atom. The van der Waals surface area contributed by atoms with Crippen molar-refractivity contribution in [2.24, 2.45) is 0 Å². The third kappa shape index (κ3) is 2.16. The molecule has 0 aliphatic carbocycles. The summed E-state index contributed by atoms with van der Waals surface area (Å²) in [6.45, 7) is 3.01. The highest BCUT2D eigenvalue weighted by Crippen LogP contribution is 2.21. The van der Waals surface area contributed by atoms with Crippen LogP contribution in [-0.4, -0.2) is 40.7 Å². The molecule has 2 aliphatic rings. The molecule has 18 heavy (non-hydrogen) atoms. The van der Waals surface area contributed by atoms with E-state index in [2.05, 4.69) is 20.1 Å². The molecule has 2 unspecified atom stereocenters. The van der Waals surface area contributed by atoms with Crippen LogP contribution in [0.5, 0.6) is 0 Å². The molecule has 1 saturated heterocycles. The van der Waals surface area contributed by atoms with Gasteiger partial charge in [0.2, 0.25) is 0 Å². The van der Waals surface area contributed by atoms with E-state index in [1.54, 1.807) is 0 Å². The molecule has 7 heteroatoms. The van der Waals surface area contributed by atoms with E-state index in [4.69, 9.17) is 0 Å². The Morgan fingerprint density at radius 2 is 2.28 bits per heavy atom. The van der Waals surface area contributed by atoms with Gasteiger partial charge in [-0.3, -0.25) is 0 Å². The number of fused-ring (bicyclic) bond motifs is 1. The van der Waals surface area contributed by atoms with Crippen molar-refractivity contribution in [2.75, 3.05) is 11.5 Å².